The highest BCUT2D eigenvalue weighted by atomic mass is 16.2. The van der Waals surface area contributed by atoms with E-state index in [9.17, 15) is 9.59 Å². The lowest BCUT2D eigenvalue weighted by atomic mass is 10.1. The quantitative estimate of drug-likeness (QED) is 0.593. The van der Waals surface area contributed by atoms with Gasteiger partial charge in [-0.3, -0.25) is 9.59 Å². The van der Waals surface area contributed by atoms with E-state index in [0.717, 1.165) is 6.54 Å². The third kappa shape index (κ3) is 3.36. The van der Waals surface area contributed by atoms with Crippen molar-refractivity contribution < 1.29 is 9.59 Å². The number of carbonyl (C=O) groups excluding carboxylic acids is 2. The lowest BCUT2D eigenvalue weighted by Crippen LogP contribution is -2.54. The Morgan fingerprint density at radius 1 is 1.80 bits per heavy atom. The monoisotopic (exact) mass is 211 g/mol. The molecule has 0 radical (unpaired) electrons. The summed E-state index contributed by atoms with van der Waals surface area (Å²) in [6.07, 6.45) is 1.80. The average Bonchev–Trinajstić information content (AvgIpc) is 2.22. The standard InChI is InChI=1S/C10H17N3O2/c1-3-4-12-9(14)7-8-10(15)13(2)6-5-11-8/h3,8,11H,1,4-7H2,2H3,(H,12,14). The summed E-state index contributed by atoms with van der Waals surface area (Å²) in [4.78, 5) is 24.6. The summed E-state index contributed by atoms with van der Waals surface area (Å²) < 4.78 is 0. The maximum absolute atomic E-state index is 11.6. The summed E-state index contributed by atoms with van der Waals surface area (Å²) in [6.45, 7) is 5.38. The van der Waals surface area contributed by atoms with Gasteiger partial charge in [-0.05, 0) is 0 Å². The van der Waals surface area contributed by atoms with Crippen LogP contribution in [0.15, 0.2) is 12.7 Å². The van der Waals surface area contributed by atoms with E-state index < -0.39 is 0 Å². The van der Waals surface area contributed by atoms with Crippen LogP contribution < -0.4 is 10.6 Å². The number of likely N-dealkylation sites (N-methyl/N-ethyl adjacent to an activating group) is 1. The number of nitrogens with zero attached hydrogens (tertiary/aromatic N) is 1. The first-order valence-electron chi connectivity index (χ1n) is 5.01. The van der Waals surface area contributed by atoms with Crippen molar-refractivity contribution in [3.8, 4) is 0 Å². The minimum absolute atomic E-state index is 0.0185. The third-order valence-corrected chi connectivity index (χ3v) is 2.35. The van der Waals surface area contributed by atoms with Gasteiger partial charge in [0.25, 0.3) is 0 Å². The summed E-state index contributed by atoms with van der Waals surface area (Å²) in [6, 6.07) is -0.381. The molecule has 0 spiro atoms. The van der Waals surface area contributed by atoms with Crippen molar-refractivity contribution >= 4 is 11.8 Å². The number of nitrogens with one attached hydrogen (secondary N) is 2. The van der Waals surface area contributed by atoms with Crippen LogP contribution in [0.2, 0.25) is 0 Å². The Morgan fingerprint density at radius 2 is 2.53 bits per heavy atom. The smallest absolute Gasteiger partial charge is 0.240 e. The molecule has 1 aliphatic heterocycles. The number of hydrogen-bond acceptors (Lipinski definition) is 3. The van der Waals surface area contributed by atoms with Crippen LogP contribution in [0.4, 0.5) is 0 Å². The van der Waals surface area contributed by atoms with Gasteiger partial charge < -0.3 is 15.5 Å². The van der Waals surface area contributed by atoms with Gasteiger partial charge >= 0.3 is 0 Å². The molecule has 2 amide bonds. The highest BCUT2D eigenvalue weighted by Crippen LogP contribution is 2.02. The van der Waals surface area contributed by atoms with Crippen molar-refractivity contribution in [1.29, 1.82) is 0 Å². The summed E-state index contributed by atoms with van der Waals surface area (Å²) in [7, 11) is 1.75. The molecule has 0 bridgehead atoms. The molecule has 1 heterocycles. The molecular formula is C10H17N3O2. The largest absolute Gasteiger partial charge is 0.353 e. The van der Waals surface area contributed by atoms with Crippen molar-refractivity contribution in [2.45, 2.75) is 12.5 Å². The van der Waals surface area contributed by atoms with Crippen LogP contribution in [0.5, 0.6) is 0 Å². The minimum atomic E-state index is -0.381. The van der Waals surface area contributed by atoms with Gasteiger partial charge in [0.15, 0.2) is 0 Å². The van der Waals surface area contributed by atoms with Gasteiger partial charge in [-0.15, -0.1) is 6.58 Å². The van der Waals surface area contributed by atoms with E-state index in [1.165, 1.54) is 0 Å². The van der Waals surface area contributed by atoms with Gasteiger partial charge in [-0.1, -0.05) is 6.08 Å². The van der Waals surface area contributed by atoms with E-state index in [1.54, 1.807) is 18.0 Å². The van der Waals surface area contributed by atoms with Crippen LogP contribution in [0.1, 0.15) is 6.42 Å². The van der Waals surface area contributed by atoms with Gasteiger partial charge in [0, 0.05) is 26.7 Å². The van der Waals surface area contributed by atoms with E-state index in [0.29, 0.717) is 13.1 Å². The number of piperazine rings is 1. The number of carbonyl (C=O) groups is 2. The molecule has 0 saturated carbocycles. The lowest BCUT2D eigenvalue weighted by Gasteiger charge is -2.29. The fourth-order valence-electron chi connectivity index (χ4n) is 1.47. The molecule has 1 rings (SSSR count). The van der Waals surface area contributed by atoms with E-state index in [-0.39, 0.29) is 24.3 Å². The molecule has 84 valence electrons. The van der Waals surface area contributed by atoms with Gasteiger partial charge in [0.1, 0.15) is 0 Å². The summed E-state index contributed by atoms with van der Waals surface area (Å²) in [5, 5.41) is 5.68. The summed E-state index contributed by atoms with van der Waals surface area (Å²) in [5.74, 6) is -0.147. The Labute approximate surface area is 89.5 Å². The molecule has 5 nitrogen and oxygen atoms in total. The molecular weight excluding hydrogens is 194 g/mol. The molecule has 1 saturated heterocycles. The molecule has 15 heavy (non-hydrogen) atoms. The van der Waals surface area contributed by atoms with Crippen molar-refractivity contribution in [2.24, 2.45) is 0 Å². The van der Waals surface area contributed by atoms with Crippen LogP contribution in [0.3, 0.4) is 0 Å². The van der Waals surface area contributed by atoms with Crippen LogP contribution in [0, 0.1) is 0 Å². The molecule has 1 aliphatic rings. The molecule has 2 N–H and O–H groups in total. The van der Waals surface area contributed by atoms with Crippen molar-refractivity contribution in [2.75, 3.05) is 26.7 Å². The maximum Gasteiger partial charge on any atom is 0.240 e. The SMILES string of the molecule is C=CCNC(=O)CC1NCCN(C)C1=O. The Balaban J connectivity index is 2.39. The Kier molecular flexibility index (Phi) is 4.30. The van der Waals surface area contributed by atoms with Crippen molar-refractivity contribution in [3.05, 3.63) is 12.7 Å². The Morgan fingerprint density at radius 3 is 3.20 bits per heavy atom. The fraction of sp³-hybridized carbons (Fsp3) is 0.600. The van der Waals surface area contributed by atoms with Gasteiger partial charge in [0.2, 0.25) is 11.8 Å². The van der Waals surface area contributed by atoms with E-state index in [1.807, 2.05) is 0 Å². The molecule has 0 aromatic rings. The van der Waals surface area contributed by atoms with E-state index >= 15 is 0 Å². The minimum Gasteiger partial charge on any atom is -0.353 e. The second kappa shape index (κ2) is 5.50. The molecule has 1 atom stereocenters. The molecule has 0 aromatic carbocycles. The van der Waals surface area contributed by atoms with Gasteiger partial charge in [-0.2, -0.15) is 0 Å². The first kappa shape index (κ1) is 11.7. The number of hydrogen-bond donors (Lipinski definition) is 2. The number of rotatable bonds is 4. The number of amides is 2. The Bertz CT molecular complexity index is 265. The first-order chi connectivity index (χ1) is 7.15. The van der Waals surface area contributed by atoms with E-state index in [4.69, 9.17) is 0 Å². The first-order valence-corrected chi connectivity index (χ1v) is 5.01. The highest BCUT2D eigenvalue weighted by Gasteiger charge is 2.27. The van der Waals surface area contributed by atoms with Crippen LogP contribution in [0.25, 0.3) is 0 Å². The zero-order valence-electron chi connectivity index (χ0n) is 8.95. The van der Waals surface area contributed by atoms with Crippen LogP contribution >= 0.6 is 0 Å². The lowest BCUT2D eigenvalue weighted by molar-refractivity contribution is -0.136. The second-order valence-electron chi connectivity index (χ2n) is 3.56. The van der Waals surface area contributed by atoms with Crippen LogP contribution in [-0.4, -0.2) is 49.4 Å². The normalized spacial score (nSPS) is 21.3. The predicted molar refractivity (Wildman–Crippen MR) is 57.3 cm³/mol. The van der Waals surface area contributed by atoms with Crippen molar-refractivity contribution in [1.82, 2.24) is 15.5 Å². The Hall–Kier alpha value is -1.36. The molecule has 0 aromatic heterocycles. The third-order valence-electron chi connectivity index (χ3n) is 2.35. The topological polar surface area (TPSA) is 61.4 Å². The van der Waals surface area contributed by atoms with Crippen molar-refractivity contribution in [3.63, 3.8) is 0 Å². The summed E-state index contributed by atoms with van der Waals surface area (Å²) in [5.41, 5.74) is 0. The molecule has 1 unspecified atom stereocenters. The highest BCUT2D eigenvalue weighted by molar-refractivity contribution is 5.88. The fourth-order valence-corrected chi connectivity index (χ4v) is 1.47. The van der Waals surface area contributed by atoms with Gasteiger partial charge in [-0.25, -0.2) is 0 Å². The average molecular weight is 211 g/mol. The molecule has 5 heteroatoms. The zero-order valence-corrected chi connectivity index (χ0v) is 8.95. The zero-order chi connectivity index (χ0) is 11.3. The molecule has 0 aliphatic carbocycles. The van der Waals surface area contributed by atoms with E-state index in [2.05, 4.69) is 17.2 Å². The molecule has 1 fully saturated rings. The van der Waals surface area contributed by atoms with Gasteiger partial charge in [0.05, 0.1) is 12.5 Å². The predicted octanol–water partition coefficient (Wildman–Crippen LogP) is -0.891. The second-order valence-corrected chi connectivity index (χ2v) is 3.56. The maximum atomic E-state index is 11.6. The van der Waals surface area contributed by atoms with Crippen LogP contribution in [-0.2, 0) is 9.59 Å². The summed E-state index contributed by atoms with van der Waals surface area (Å²) >= 11 is 0.